The van der Waals surface area contributed by atoms with Crippen LogP contribution in [0.4, 0.5) is 0 Å². The highest BCUT2D eigenvalue weighted by atomic mass is 35.5. The number of nitrogens with zero attached hydrogens (tertiary/aromatic N) is 4. The summed E-state index contributed by atoms with van der Waals surface area (Å²) in [6.45, 7) is 0. The molecule has 0 bridgehead atoms. The molecule has 0 aliphatic heterocycles. The number of halogens is 1. The molecule has 8 nitrogen and oxygen atoms in total. The van der Waals surface area contributed by atoms with Crippen molar-refractivity contribution in [1.29, 1.82) is 0 Å². The van der Waals surface area contributed by atoms with E-state index >= 15 is 0 Å². The van der Waals surface area contributed by atoms with Gasteiger partial charge in [0.25, 0.3) is 5.89 Å². The van der Waals surface area contributed by atoms with Gasteiger partial charge in [-0.1, -0.05) is 35.0 Å². The quantitative estimate of drug-likeness (QED) is 0.449. The predicted molar refractivity (Wildman–Crippen MR) is 112 cm³/mol. The van der Waals surface area contributed by atoms with Crippen LogP contribution in [0.15, 0.2) is 47.1 Å². The Labute approximate surface area is 178 Å². The molecule has 9 heteroatoms. The Hall–Kier alpha value is -3.52. The minimum Gasteiger partial charge on any atom is -0.493 e. The molecule has 0 N–H and O–H groups in total. The topological polar surface area (TPSA) is 84.4 Å². The lowest BCUT2D eigenvalue weighted by molar-refractivity contribution is 0.324. The van der Waals surface area contributed by atoms with Crippen molar-refractivity contribution >= 4 is 11.6 Å². The Bertz CT molecular complexity index is 1180. The summed E-state index contributed by atoms with van der Waals surface area (Å²) in [6, 6.07) is 11.1. The minimum absolute atomic E-state index is 0.277. The summed E-state index contributed by atoms with van der Waals surface area (Å²) in [7, 11) is 6.51. The van der Waals surface area contributed by atoms with Crippen LogP contribution in [0.3, 0.4) is 0 Å². The molecule has 0 saturated heterocycles. The Balaban J connectivity index is 1.74. The molecule has 0 aliphatic carbocycles. The minimum atomic E-state index is 0.277. The summed E-state index contributed by atoms with van der Waals surface area (Å²) in [5, 5.41) is 4.73. The zero-order valence-electron chi connectivity index (χ0n) is 16.8. The van der Waals surface area contributed by atoms with Crippen LogP contribution in [0.1, 0.15) is 0 Å². The molecule has 2 aromatic heterocycles. The third-order valence-corrected chi connectivity index (χ3v) is 5.01. The molecule has 0 saturated carbocycles. The van der Waals surface area contributed by atoms with Gasteiger partial charge in [0.1, 0.15) is 0 Å². The molecule has 0 aliphatic rings. The number of methoxy groups -OCH3 is 3. The van der Waals surface area contributed by atoms with Gasteiger partial charge in [0, 0.05) is 23.2 Å². The number of aromatic nitrogens is 4. The van der Waals surface area contributed by atoms with E-state index in [1.165, 1.54) is 0 Å². The molecule has 2 aromatic carbocycles. The first-order valence-electron chi connectivity index (χ1n) is 8.98. The maximum Gasteiger partial charge on any atom is 0.294 e. The van der Waals surface area contributed by atoms with Crippen LogP contribution in [0.5, 0.6) is 17.2 Å². The lowest BCUT2D eigenvalue weighted by atomic mass is 10.1. The van der Waals surface area contributed by atoms with Crippen LogP contribution in [-0.4, -0.2) is 41.0 Å². The van der Waals surface area contributed by atoms with Crippen molar-refractivity contribution in [2.24, 2.45) is 7.05 Å². The first kappa shape index (κ1) is 19.8. The van der Waals surface area contributed by atoms with Gasteiger partial charge in [-0.25, -0.2) is 4.98 Å². The van der Waals surface area contributed by atoms with Crippen molar-refractivity contribution in [1.82, 2.24) is 19.7 Å². The van der Waals surface area contributed by atoms with Crippen molar-refractivity contribution in [3.05, 3.63) is 47.6 Å². The Morgan fingerprint density at radius 2 is 1.70 bits per heavy atom. The molecule has 0 atom stereocenters. The van der Waals surface area contributed by atoms with Crippen LogP contribution in [0.25, 0.3) is 34.4 Å². The van der Waals surface area contributed by atoms with Crippen LogP contribution < -0.4 is 14.2 Å². The maximum atomic E-state index is 6.33. The zero-order valence-corrected chi connectivity index (χ0v) is 17.6. The first-order valence-corrected chi connectivity index (χ1v) is 9.36. The number of benzene rings is 2. The van der Waals surface area contributed by atoms with E-state index in [-0.39, 0.29) is 5.89 Å². The summed E-state index contributed by atoms with van der Waals surface area (Å²) < 4.78 is 23.5. The molecule has 0 radical (unpaired) electrons. The van der Waals surface area contributed by atoms with Gasteiger partial charge in [0.2, 0.25) is 11.6 Å². The molecule has 30 heavy (non-hydrogen) atoms. The smallest absolute Gasteiger partial charge is 0.294 e. The molecule has 0 unspecified atom stereocenters. The number of imidazole rings is 1. The molecule has 0 spiro atoms. The first-order chi connectivity index (χ1) is 14.6. The van der Waals surface area contributed by atoms with Gasteiger partial charge in [-0.3, -0.25) is 0 Å². The number of rotatable bonds is 6. The third kappa shape index (κ3) is 3.35. The highest BCUT2D eigenvalue weighted by Crippen LogP contribution is 2.41. The standard InChI is InChI=1S/C21H19ClN4O4/c1-26-15(13-7-5-6-8-14(13)22)11-23-20(26)21-24-19(25-30-21)12-9-16(27-2)18(29-4)17(10-12)28-3/h5-11H,1-4H3. The highest BCUT2D eigenvalue weighted by molar-refractivity contribution is 6.33. The second-order valence-electron chi connectivity index (χ2n) is 6.34. The third-order valence-electron chi connectivity index (χ3n) is 4.68. The average molecular weight is 427 g/mol. The second-order valence-corrected chi connectivity index (χ2v) is 6.75. The summed E-state index contributed by atoms with van der Waals surface area (Å²) in [6.07, 6.45) is 1.72. The Morgan fingerprint density at radius 1 is 1.00 bits per heavy atom. The van der Waals surface area contributed by atoms with E-state index in [4.69, 9.17) is 30.3 Å². The molecular formula is C21H19ClN4O4. The van der Waals surface area contributed by atoms with Crippen molar-refractivity contribution < 1.29 is 18.7 Å². The number of hydrogen-bond donors (Lipinski definition) is 0. The van der Waals surface area contributed by atoms with Gasteiger partial charge in [-0.05, 0) is 18.2 Å². The summed E-state index contributed by atoms with van der Waals surface area (Å²) in [5.41, 5.74) is 2.35. The molecule has 4 rings (SSSR count). The van der Waals surface area contributed by atoms with E-state index < -0.39 is 0 Å². The van der Waals surface area contributed by atoms with Crippen molar-refractivity contribution in [3.8, 4) is 51.6 Å². The van der Waals surface area contributed by atoms with Gasteiger partial charge in [-0.15, -0.1) is 0 Å². The summed E-state index contributed by atoms with van der Waals surface area (Å²) >= 11 is 6.33. The fourth-order valence-corrected chi connectivity index (χ4v) is 3.40. The Kier molecular flexibility index (Phi) is 5.33. The van der Waals surface area contributed by atoms with Crippen molar-refractivity contribution in [3.63, 3.8) is 0 Å². The molecule has 0 amide bonds. The van der Waals surface area contributed by atoms with Crippen molar-refractivity contribution in [2.75, 3.05) is 21.3 Å². The van der Waals surface area contributed by atoms with E-state index in [9.17, 15) is 0 Å². The van der Waals surface area contributed by atoms with Crippen LogP contribution in [0.2, 0.25) is 5.02 Å². The predicted octanol–water partition coefficient (Wildman–Crippen LogP) is 4.48. The largest absolute Gasteiger partial charge is 0.493 e. The molecule has 154 valence electrons. The van der Waals surface area contributed by atoms with E-state index in [2.05, 4.69) is 15.1 Å². The molecule has 2 heterocycles. The lowest BCUT2D eigenvalue weighted by Crippen LogP contribution is -1.97. The number of ether oxygens (including phenoxy) is 3. The van der Waals surface area contributed by atoms with Crippen molar-refractivity contribution in [2.45, 2.75) is 0 Å². The monoisotopic (exact) mass is 426 g/mol. The maximum absolute atomic E-state index is 6.33. The molecule has 0 fully saturated rings. The summed E-state index contributed by atoms with van der Waals surface area (Å²) in [5.74, 6) is 2.65. The Morgan fingerprint density at radius 3 is 2.33 bits per heavy atom. The molecule has 4 aromatic rings. The zero-order chi connectivity index (χ0) is 21.3. The van der Waals surface area contributed by atoms with Crippen LogP contribution in [0, 0.1) is 0 Å². The number of hydrogen-bond acceptors (Lipinski definition) is 7. The van der Waals surface area contributed by atoms with E-state index in [1.807, 2.05) is 35.9 Å². The summed E-state index contributed by atoms with van der Waals surface area (Å²) in [4.78, 5) is 8.95. The second kappa shape index (κ2) is 8.08. The normalized spacial score (nSPS) is 10.8. The fraction of sp³-hybridized carbons (Fsp3) is 0.190. The van der Waals surface area contributed by atoms with E-state index in [0.29, 0.717) is 39.5 Å². The SMILES string of the molecule is COc1cc(-c2noc(-c3ncc(-c4ccccc4Cl)n3C)n2)cc(OC)c1OC. The van der Waals surface area contributed by atoms with Crippen LogP contribution >= 0.6 is 11.6 Å². The highest BCUT2D eigenvalue weighted by Gasteiger charge is 2.21. The van der Waals surface area contributed by atoms with E-state index in [0.717, 1.165) is 11.3 Å². The van der Waals surface area contributed by atoms with Gasteiger partial charge in [0.15, 0.2) is 17.3 Å². The van der Waals surface area contributed by atoms with Crippen LogP contribution in [-0.2, 0) is 7.05 Å². The van der Waals surface area contributed by atoms with Gasteiger partial charge < -0.3 is 23.3 Å². The van der Waals surface area contributed by atoms with E-state index in [1.54, 1.807) is 39.7 Å². The molecular weight excluding hydrogens is 408 g/mol. The lowest BCUT2D eigenvalue weighted by Gasteiger charge is -2.12. The fourth-order valence-electron chi connectivity index (χ4n) is 3.17. The van der Waals surface area contributed by atoms with Gasteiger partial charge in [-0.2, -0.15) is 4.98 Å². The van der Waals surface area contributed by atoms with Gasteiger partial charge >= 0.3 is 0 Å². The van der Waals surface area contributed by atoms with Gasteiger partial charge in [0.05, 0.1) is 33.2 Å². The average Bonchev–Trinajstić information content (AvgIpc) is 3.40.